The fraction of sp³-hybridized carbons (Fsp3) is 0.583. The number of carbonyl (C=O) groups is 1. The molecule has 180 valence electrons. The van der Waals surface area contributed by atoms with Crippen LogP contribution in [0.25, 0.3) is 0 Å². The number of rotatable bonds is 10. The Labute approximate surface area is 197 Å². The summed E-state index contributed by atoms with van der Waals surface area (Å²) in [4.78, 5) is 30.2. The quantitative estimate of drug-likeness (QED) is 0.501. The van der Waals surface area contributed by atoms with Crippen LogP contribution in [0.5, 0.6) is 0 Å². The molecule has 0 radical (unpaired) electrons. The topological polar surface area (TPSA) is 112 Å². The fourth-order valence-electron chi connectivity index (χ4n) is 4.06. The van der Waals surface area contributed by atoms with Gasteiger partial charge in [0.05, 0.1) is 0 Å². The number of nitrogens with two attached hydrogens (primary N) is 1. The van der Waals surface area contributed by atoms with E-state index in [0.29, 0.717) is 35.4 Å². The maximum absolute atomic E-state index is 11.6. The summed E-state index contributed by atoms with van der Waals surface area (Å²) in [5.41, 5.74) is 7.60. The summed E-state index contributed by atoms with van der Waals surface area (Å²) in [6, 6.07) is 6.16. The lowest BCUT2D eigenvalue weighted by Gasteiger charge is -2.23. The third-order valence-corrected chi connectivity index (χ3v) is 6.14. The van der Waals surface area contributed by atoms with Crippen LogP contribution >= 0.6 is 0 Å². The second-order valence-corrected chi connectivity index (χ2v) is 9.46. The summed E-state index contributed by atoms with van der Waals surface area (Å²) < 4.78 is 0. The minimum Gasteiger partial charge on any atom is -0.366 e. The summed E-state index contributed by atoms with van der Waals surface area (Å²) in [6.07, 6.45) is 2.19. The molecule has 1 amide bonds. The molecule has 33 heavy (non-hydrogen) atoms. The van der Waals surface area contributed by atoms with Crippen molar-refractivity contribution >= 4 is 29.4 Å². The van der Waals surface area contributed by atoms with Crippen molar-refractivity contribution in [2.24, 2.45) is 11.7 Å². The highest BCUT2D eigenvalue weighted by molar-refractivity contribution is 5.94. The Balaban J connectivity index is 1.87. The zero-order chi connectivity index (χ0) is 24.1. The van der Waals surface area contributed by atoms with E-state index >= 15 is 0 Å². The number of likely N-dealkylation sites (tertiary alicyclic amines) is 1. The molecular weight excluding hydrogens is 416 g/mol. The number of carbonyl (C=O) groups excluding carboxylic acids is 1. The first-order chi connectivity index (χ1) is 15.7. The number of primary amides is 1. The molecule has 1 unspecified atom stereocenters. The molecule has 1 aromatic carbocycles. The molecule has 0 bridgehead atoms. The van der Waals surface area contributed by atoms with Crippen molar-refractivity contribution in [3.63, 3.8) is 0 Å². The van der Waals surface area contributed by atoms with Gasteiger partial charge in [-0.3, -0.25) is 9.69 Å². The SMILES string of the molecule is CCC(C)N1CC[C@H](Nc2nc(Nc3cc(C(N)=O)ccc3C)nc(N(C)CC(C)C)n2)C1. The van der Waals surface area contributed by atoms with Crippen molar-refractivity contribution in [3.8, 4) is 0 Å². The maximum atomic E-state index is 11.6. The molecule has 0 aliphatic carbocycles. The first-order valence-corrected chi connectivity index (χ1v) is 11.8. The molecule has 1 aliphatic heterocycles. The van der Waals surface area contributed by atoms with Gasteiger partial charge >= 0.3 is 0 Å². The zero-order valence-electron chi connectivity index (χ0n) is 20.7. The second kappa shape index (κ2) is 10.8. The van der Waals surface area contributed by atoms with Gasteiger partial charge in [0.2, 0.25) is 23.8 Å². The number of aromatic nitrogens is 3. The van der Waals surface area contributed by atoms with E-state index in [4.69, 9.17) is 10.7 Å². The molecule has 2 aromatic rings. The largest absolute Gasteiger partial charge is 0.366 e. The van der Waals surface area contributed by atoms with Crippen LogP contribution in [0.15, 0.2) is 18.2 Å². The maximum Gasteiger partial charge on any atom is 0.248 e. The van der Waals surface area contributed by atoms with Crippen molar-refractivity contribution in [1.29, 1.82) is 0 Å². The molecule has 2 heterocycles. The van der Waals surface area contributed by atoms with E-state index in [9.17, 15) is 4.79 Å². The van der Waals surface area contributed by atoms with Crippen LogP contribution in [0.2, 0.25) is 0 Å². The molecule has 0 spiro atoms. The van der Waals surface area contributed by atoms with Crippen molar-refractivity contribution in [1.82, 2.24) is 19.9 Å². The lowest BCUT2D eigenvalue weighted by Crippen LogP contribution is -2.33. The Kier molecular flexibility index (Phi) is 8.07. The molecule has 1 fully saturated rings. The number of benzene rings is 1. The molecule has 0 saturated carbocycles. The Morgan fingerprint density at radius 2 is 1.97 bits per heavy atom. The molecule has 3 rings (SSSR count). The van der Waals surface area contributed by atoms with Gasteiger partial charge in [0.25, 0.3) is 0 Å². The summed E-state index contributed by atoms with van der Waals surface area (Å²) in [5, 5.41) is 6.79. The predicted molar refractivity (Wildman–Crippen MR) is 134 cm³/mol. The van der Waals surface area contributed by atoms with Gasteiger partial charge in [-0.1, -0.05) is 26.8 Å². The number of amides is 1. The van der Waals surface area contributed by atoms with Gasteiger partial charge in [0, 0.05) is 50.0 Å². The van der Waals surface area contributed by atoms with Crippen LogP contribution in [0.3, 0.4) is 0 Å². The van der Waals surface area contributed by atoms with Gasteiger partial charge in [-0.05, 0) is 50.3 Å². The average molecular weight is 455 g/mol. The van der Waals surface area contributed by atoms with E-state index in [2.05, 4.69) is 53.2 Å². The van der Waals surface area contributed by atoms with Gasteiger partial charge in [0.1, 0.15) is 0 Å². The van der Waals surface area contributed by atoms with Gasteiger partial charge in [-0.25, -0.2) is 0 Å². The predicted octanol–water partition coefficient (Wildman–Crippen LogP) is 3.40. The number of nitrogens with one attached hydrogen (secondary N) is 2. The highest BCUT2D eigenvalue weighted by Gasteiger charge is 2.26. The summed E-state index contributed by atoms with van der Waals surface area (Å²) in [5.74, 6) is 1.58. The van der Waals surface area contributed by atoms with E-state index in [1.54, 1.807) is 12.1 Å². The lowest BCUT2D eigenvalue weighted by molar-refractivity contribution is 0.100. The smallest absolute Gasteiger partial charge is 0.248 e. The first-order valence-electron chi connectivity index (χ1n) is 11.8. The first kappa shape index (κ1) is 24.7. The number of aryl methyl sites for hydroxylation is 1. The molecule has 9 nitrogen and oxygen atoms in total. The van der Waals surface area contributed by atoms with E-state index in [-0.39, 0.29) is 6.04 Å². The van der Waals surface area contributed by atoms with Crippen molar-refractivity contribution in [2.75, 3.05) is 42.2 Å². The van der Waals surface area contributed by atoms with Crippen LogP contribution in [0, 0.1) is 12.8 Å². The van der Waals surface area contributed by atoms with Crippen molar-refractivity contribution in [3.05, 3.63) is 29.3 Å². The highest BCUT2D eigenvalue weighted by atomic mass is 16.1. The monoisotopic (exact) mass is 454 g/mol. The van der Waals surface area contributed by atoms with Crippen molar-refractivity contribution < 1.29 is 4.79 Å². The highest BCUT2D eigenvalue weighted by Crippen LogP contribution is 2.23. The van der Waals surface area contributed by atoms with Gasteiger partial charge < -0.3 is 21.3 Å². The van der Waals surface area contributed by atoms with Crippen LogP contribution in [0.4, 0.5) is 23.5 Å². The summed E-state index contributed by atoms with van der Waals surface area (Å²) in [6.45, 7) is 13.7. The number of anilines is 4. The van der Waals surface area contributed by atoms with Crippen molar-refractivity contribution in [2.45, 2.75) is 59.5 Å². The Morgan fingerprint density at radius 1 is 1.24 bits per heavy atom. The van der Waals surface area contributed by atoms with Crippen LogP contribution in [0.1, 0.15) is 56.5 Å². The fourth-order valence-corrected chi connectivity index (χ4v) is 4.06. The normalized spacial score (nSPS) is 17.2. The van der Waals surface area contributed by atoms with E-state index < -0.39 is 5.91 Å². The Morgan fingerprint density at radius 3 is 2.64 bits per heavy atom. The zero-order valence-corrected chi connectivity index (χ0v) is 20.7. The number of nitrogens with zero attached hydrogens (tertiary/aromatic N) is 5. The Hall–Kier alpha value is -2.94. The van der Waals surface area contributed by atoms with Gasteiger partial charge in [-0.2, -0.15) is 15.0 Å². The van der Waals surface area contributed by atoms with E-state index in [1.165, 1.54) is 0 Å². The van der Waals surface area contributed by atoms with Crippen LogP contribution in [-0.2, 0) is 0 Å². The number of hydrogen-bond acceptors (Lipinski definition) is 8. The molecule has 2 atom stereocenters. The Bertz CT molecular complexity index is 963. The van der Waals surface area contributed by atoms with Gasteiger partial charge in [-0.15, -0.1) is 0 Å². The molecule has 1 aliphatic rings. The minimum atomic E-state index is -0.472. The molecule has 1 saturated heterocycles. The number of hydrogen-bond donors (Lipinski definition) is 3. The standard InChI is InChI=1S/C24H38N8O/c1-7-17(5)32-11-10-19(14-32)26-22-28-23(30-24(29-22)31(6)13-15(2)3)27-20-12-18(21(25)33)9-8-16(20)4/h8-9,12,15,17,19H,7,10-11,13-14H2,1-6H3,(H2,25,33)(H2,26,27,28,29,30)/t17?,19-/m0/s1. The van der Waals surface area contributed by atoms with E-state index in [1.807, 2.05) is 24.9 Å². The van der Waals surface area contributed by atoms with Gasteiger partial charge in [0.15, 0.2) is 0 Å². The summed E-state index contributed by atoms with van der Waals surface area (Å²) >= 11 is 0. The molecule has 1 aromatic heterocycles. The van der Waals surface area contributed by atoms with Crippen LogP contribution < -0.4 is 21.3 Å². The minimum absolute atomic E-state index is 0.289. The third kappa shape index (κ3) is 6.54. The second-order valence-electron chi connectivity index (χ2n) is 9.46. The average Bonchev–Trinajstić information content (AvgIpc) is 3.22. The summed E-state index contributed by atoms with van der Waals surface area (Å²) in [7, 11) is 1.99. The molecule has 9 heteroatoms. The molecule has 4 N–H and O–H groups in total. The third-order valence-electron chi connectivity index (χ3n) is 6.14. The van der Waals surface area contributed by atoms with E-state index in [0.717, 1.165) is 43.7 Å². The van der Waals surface area contributed by atoms with Crippen LogP contribution in [-0.4, -0.2) is 64.5 Å². The lowest BCUT2D eigenvalue weighted by atomic mass is 10.1. The molecular formula is C24H38N8O.